The van der Waals surface area contributed by atoms with E-state index in [0.29, 0.717) is 6.61 Å². The van der Waals surface area contributed by atoms with E-state index in [0.717, 1.165) is 25.2 Å². The molecule has 2 N–H and O–H groups in total. The van der Waals surface area contributed by atoms with E-state index in [2.05, 4.69) is 29.8 Å². The molecule has 0 aliphatic heterocycles. The average Bonchev–Trinajstić information content (AvgIpc) is 2.43. The predicted octanol–water partition coefficient (Wildman–Crippen LogP) is 1.83. The lowest BCUT2D eigenvalue weighted by atomic mass is 10.0. The maximum absolute atomic E-state index is 6.27. The van der Waals surface area contributed by atoms with E-state index in [4.69, 9.17) is 10.5 Å². The van der Waals surface area contributed by atoms with Crippen molar-refractivity contribution in [3.63, 3.8) is 0 Å². The van der Waals surface area contributed by atoms with Crippen LogP contribution in [0.5, 0.6) is 0 Å². The summed E-state index contributed by atoms with van der Waals surface area (Å²) in [5.41, 5.74) is 7.32. The van der Waals surface area contributed by atoms with Crippen LogP contribution in [0.2, 0.25) is 0 Å². The molecule has 1 rings (SSSR count). The van der Waals surface area contributed by atoms with Crippen molar-refractivity contribution in [1.29, 1.82) is 0 Å². The van der Waals surface area contributed by atoms with Crippen molar-refractivity contribution in [3.8, 4) is 0 Å². The SMILES string of the molecule is CCC(N)C(c1ccccn1)N(CC)CCOC. The van der Waals surface area contributed by atoms with Crippen LogP contribution in [0.25, 0.3) is 0 Å². The molecule has 0 bridgehead atoms. The first-order valence-corrected chi connectivity index (χ1v) is 6.64. The van der Waals surface area contributed by atoms with E-state index in [9.17, 15) is 0 Å². The van der Waals surface area contributed by atoms with Crippen molar-refractivity contribution >= 4 is 0 Å². The van der Waals surface area contributed by atoms with Gasteiger partial charge in [-0.3, -0.25) is 9.88 Å². The first-order valence-electron chi connectivity index (χ1n) is 6.64. The number of hydrogen-bond donors (Lipinski definition) is 1. The summed E-state index contributed by atoms with van der Waals surface area (Å²) in [6.45, 7) is 6.80. The maximum Gasteiger partial charge on any atom is 0.0674 e. The van der Waals surface area contributed by atoms with Crippen LogP contribution in [0.15, 0.2) is 24.4 Å². The fraction of sp³-hybridized carbons (Fsp3) is 0.643. The highest BCUT2D eigenvalue weighted by atomic mass is 16.5. The maximum atomic E-state index is 6.27. The first-order chi connectivity index (χ1) is 8.74. The summed E-state index contributed by atoms with van der Waals surface area (Å²) in [5.74, 6) is 0. The van der Waals surface area contributed by atoms with Gasteiger partial charge in [-0.1, -0.05) is 19.9 Å². The van der Waals surface area contributed by atoms with Crippen molar-refractivity contribution in [3.05, 3.63) is 30.1 Å². The van der Waals surface area contributed by atoms with Gasteiger partial charge in [0.1, 0.15) is 0 Å². The fourth-order valence-electron chi connectivity index (χ4n) is 2.15. The summed E-state index contributed by atoms with van der Waals surface area (Å²) < 4.78 is 5.17. The highest BCUT2D eigenvalue weighted by Gasteiger charge is 2.25. The molecule has 0 amide bonds. The highest BCUT2D eigenvalue weighted by Crippen LogP contribution is 2.22. The summed E-state index contributed by atoms with van der Waals surface area (Å²) in [4.78, 5) is 6.80. The van der Waals surface area contributed by atoms with Crippen molar-refractivity contribution in [2.45, 2.75) is 32.4 Å². The second kappa shape index (κ2) is 8.19. The van der Waals surface area contributed by atoms with E-state index in [-0.39, 0.29) is 12.1 Å². The Balaban J connectivity index is 2.89. The Morgan fingerprint density at radius 1 is 1.39 bits per heavy atom. The number of ether oxygens (including phenoxy) is 1. The van der Waals surface area contributed by atoms with Crippen LogP contribution in [0.3, 0.4) is 0 Å². The standard InChI is InChI=1S/C14H25N3O/c1-4-12(15)14(13-8-6-7-9-16-13)17(5-2)10-11-18-3/h6-9,12,14H,4-5,10-11,15H2,1-3H3. The Morgan fingerprint density at radius 2 is 2.17 bits per heavy atom. The quantitative estimate of drug-likeness (QED) is 0.766. The van der Waals surface area contributed by atoms with Gasteiger partial charge in [0, 0.05) is 25.9 Å². The third-order valence-electron chi connectivity index (χ3n) is 3.25. The van der Waals surface area contributed by atoms with Crippen LogP contribution < -0.4 is 5.73 Å². The van der Waals surface area contributed by atoms with Crippen molar-refractivity contribution in [2.75, 3.05) is 26.8 Å². The molecule has 1 aromatic heterocycles. The smallest absolute Gasteiger partial charge is 0.0674 e. The summed E-state index contributed by atoms with van der Waals surface area (Å²) in [5, 5.41) is 0. The number of nitrogens with zero attached hydrogens (tertiary/aromatic N) is 2. The second-order valence-electron chi connectivity index (χ2n) is 4.39. The molecule has 0 aromatic carbocycles. The van der Waals surface area contributed by atoms with Gasteiger partial charge in [-0.2, -0.15) is 0 Å². The molecule has 18 heavy (non-hydrogen) atoms. The minimum atomic E-state index is 0.0942. The summed E-state index contributed by atoms with van der Waals surface area (Å²) in [7, 11) is 1.73. The Bertz CT molecular complexity index is 318. The van der Waals surface area contributed by atoms with Gasteiger partial charge >= 0.3 is 0 Å². The van der Waals surface area contributed by atoms with Gasteiger partial charge < -0.3 is 10.5 Å². The zero-order valence-corrected chi connectivity index (χ0v) is 11.7. The second-order valence-corrected chi connectivity index (χ2v) is 4.39. The number of likely N-dealkylation sites (N-methyl/N-ethyl adjacent to an activating group) is 1. The van der Waals surface area contributed by atoms with Gasteiger partial charge in [-0.15, -0.1) is 0 Å². The normalized spacial score (nSPS) is 14.7. The summed E-state index contributed by atoms with van der Waals surface area (Å²) >= 11 is 0. The predicted molar refractivity (Wildman–Crippen MR) is 74.4 cm³/mol. The molecule has 1 heterocycles. The third kappa shape index (κ3) is 4.05. The van der Waals surface area contributed by atoms with Crippen LogP contribution >= 0.6 is 0 Å². The van der Waals surface area contributed by atoms with Gasteiger partial charge in [-0.25, -0.2) is 0 Å². The Labute approximate surface area is 110 Å². The summed E-state index contributed by atoms with van der Waals surface area (Å²) in [6.07, 6.45) is 2.76. The van der Waals surface area contributed by atoms with E-state index in [1.165, 1.54) is 0 Å². The van der Waals surface area contributed by atoms with Crippen LogP contribution in [-0.2, 0) is 4.74 Å². The molecule has 0 saturated heterocycles. The molecule has 1 aromatic rings. The van der Waals surface area contributed by atoms with Gasteiger partial charge in [0.25, 0.3) is 0 Å². The van der Waals surface area contributed by atoms with E-state index < -0.39 is 0 Å². The molecule has 0 radical (unpaired) electrons. The van der Waals surface area contributed by atoms with Crippen LogP contribution in [0.4, 0.5) is 0 Å². The average molecular weight is 251 g/mol. The molecule has 4 nitrogen and oxygen atoms in total. The number of aromatic nitrogens is 1. The lowest BCUT2D eigenvalue weighted by molar-refractivity contribution is 0.110. The van der Waals surface area contributed by atoms with E-state index >= 15 is 0 Å². The molecule has 4 heteroatoms. The molecular weight excluding hydrogens is 226 g/mol. The minimum absolute atomic E-state index is 0.0942. The molecule has 0 aliphatic carbocycles. The van der Waals surface area contributed by atoms with Crippen molar-refractivity contribution < 1.29 is 4.74 Å². The van der Waals surface area contributed by atoms with Crippen LogP contribution in [0.1, 0.15) is 32.0 Å². The monoisotopic (exact) mass is 251 g/mol. The topological polar surface area (TPSA) is 51.4 Å². The molecule has 0 saturated carbocycles. The third-order valence-corrected chi connectivity index (χ3v) is 3.25. The van der Waals surface area contributed by atoms with Gasteiger partial charge in [0.05, 0.1) is 18.3 Å². The van der Waals surface area contributed by atoms with Crippen molar-refractivity contribution in [2.24, 2.45) is 5.73 Å². The number of pyridine rings is 1. The molecular formula is C14H25N3O. The minimum Gasteiger partial charge on any atom is -0.383 e. The number of methoxy groups -OCH3 is 1. The van der Waals surface area contributed by atoms with E-state index in [1.807, 2.05) is 18.3 Å². The summed E-state index contributed by atoms with van der Waals surface area (Å²) in [6, 6.07) is 6.26. The molecule has 102 valence electrons. The van der Waals surface area contributed by atoms with E-state index in [1.54, 1.807) is 7.11 Å². The molecule has 0 spiro atoms. The lowest BCUT2D eigenvalue weighted by Crippen LogP contribution is -2.42. The van der Waals surface area contributed by atoms with Crippen molar-refractivity contribution in [1.82, 2.24) is 9.88 Å². The molecule has 2 unspecified atom stereocenters. The molecule has 2 atom stereocenters. The number of hydrogen-bond acceptors (Lipinski definition) is 4. The highest BCUT2D eigenvalue weighted by molar-refractivity contribution is 5.11. The van der Waals surface area contributed by atoms with Gasteiger partial charge in [0.2, 0.25) is 0 Å². The lowest BCUT2D eigenvalue weighted by Gasteiger charge is -2.34. The fourth-order valence-corrected chi connectivity index (χ4v) is 2.15. The Hall–Kier alpha value is -0.970. The van der Waals surface area contributed by atoms with Gasteiger partial charge in [-0.05, 0) is 25.1 Å². The largest absolute Gasteiger partial charge is 0.383 e. The zero-order valence-electron chi connectivity index (χ0n) is 11.7. The molecule has 0 fully saturated rings. The Morgan fingerprint density at radius 3 is 2.67 bits per heavy atom. The Kier molecular flexibility index (Phi) is 6.86. The van der Waals surface area contributed by atoms with Crippen LogP contribution in [0, 0.1) is 0 Å². The zero-order chi connectivity index (χ0) is 13.4. The van der Waals surface area contributed by atoms with Crippen LogP contribution in [-0.4, -0.2) is 42.7 Å². The first kappa shape index (κ1) is 15.1. The molecule has 0 aliphatic rings. The number of nitrogens with two attached hydrogens (primary N) is 1. The van der Waals surface area contributed by atoms with Gasteiger partial charge in [0.15, 0.2) is 0 Å². The number of rotatable bonds is 8.